The largest absolute Gasteiger partial charge is 0.476 e. The molecule has 0 bridgehead atoms. The minimum atomic E-state index is -1.59. The Morgan fingerprint density at radius 3 is 2.26 bits per heavy atom. The number of ether oxygens (including phenoxy) is 1. The number of nitrogens with zero attached hydrogens (tertiary/aromatic N) is 1. The van der Waals surface area contributed by atoms with Gasteiger partial charge in [0.05, 0.1) is 0 Å². The van der Waals surface area contributed by atoms with Crippen molar-refractivity contribution >= 4 is 23.6 Å². The molecule has 2 N–H and O–H groups in total. The summed E-state index contributed by atoms with van der Waals surface area (Å²) in [6, 6.07) is 5.01. The summed E-state index contributed by atoms with van der Waals surface area (Å²) < 4.78 is 17.7. The van der Waals surface area contributed by atoms with Gasteiger partial charge in [-0.3, -0.25) is 4.79 Å². The number of ketones is 1. The van der Waals surface area contributed by atoms with Crippen molar-refractivity contribution in [2.24, 2.45) is 5.10 Å². The van der Waals surface area contributed by atoms with Crippen LogP contribution in [0.5, 0.6) is 0 Å². The minimum absolute atomic E-state index is 0.290. The lowest BCUT2D eigenvalue weighted by Crippen LogP contribution is -2.33. The second-order valence-electron chi connectivity index (χ2n) is 5.61. The predicted molar refractivity (Wildman–Crippen MR) is 79.6 cm³/mol. The molecule has 0 saturated heterocycles. The van der Waals surface area contributed by atoms with Crippen molar-refractivity contribution in [1.82, 2.24) is 5.43 Å². The first-order chi connectivity index (χ1) is 10.6. The molecule has 7 nitrogen and oxygen atoms in total. The van der Waals surface area contributed by atoms with E-state index in [1.165, 1.54) is 12.1 Å². The van der Waals surface area contributed by atoms with Crippen LogP contribution in [0.2, 0.25) is 0 Å². The molecule has 0 radical (unpaired) electrons. The van der Waals surface area contributed by atoms with Crippen LogP contribution in [-0.2, 0) is 20.7 Å². The average Bonchev–Trinajstić information content (AvgIpc) is 2.39. The Morgan fingerprint density at radius 1 is 1.22 bits per heavy atom. The van der Waals surface area contributed by atoms with Gasteiger partial charge in [-0.2, -0.15) is 5.10 Å². The molecule has 0 aromatic heterocycles. The SMILES string of the molecule is CC(C)(C)OC(=O)NN=C(C(=O)O)C(=O)Cc1ccc(F)cc1. The molecule has 0 atom stereocenters. The smallest absolute Gasteiger partial charge is 0.428 e. The van der Waals surface area contributed by atoms with Crippen molar-refractivity contribution in [2.45, 2.75) is 32.8 Å². The van der Waals surface area contributed by atoms with Gasteiger partial charge in [0.1, 0.15) is 11.4 Å². The number of halogens is 1. The first-order valence-corrected chi connectivity index (χ1v) is 6.66. The molecule has 23 heavy (non-hydrogen) atoms. The summed E-state index contributed by atoms with van der Waals surface area (Å²) in [6.45, 7) is 4.86. The lowest BCUT2D eigenvalue weighted by atomic mass is 10.1. The first kappa shape index (κ1) is 18.3. The van der Waals surface area contributed by atoms with E-state index in [9.17, 15) is 18.8 Å². The number of carboxylic acid groups (broad SMARTS) is 1. The highest BCUT2D eigenvalue weighted by Crippen LogP contribution is 2.07. The second kappa shape index (κ2) is 7.48. The number of hydrogen-bond acceptors (Lipinski definition) is 5. The highest BCUT2D eigenvalue weighted by Gasteiger charge is 2.22. The number of amides is 1. The van der Waals surface area contributed by atoms with E-state index in [1.54, 1.807) is 20.8 Å². The van der Waals surface area contributed by atoms with Crippen LogP contribution in [0.25, 0.3) is 0 Å². The van der Waals surface area contributed by atoms with Gasteiger partial charge < -0.3 is 9.84 Å². The summed E-state index contributed by atoms with van der Waals surface area (Å²) in [7, 11) is 0. The highest BCUT2D eigenvalue weighted by molar-refractivity contribution is 6.64. The summed E-state index contributed by atoms with van der Waals surface area (Å²) in [4.78, 5) is 34.4. The third-order valence-corrected chi connectivity index (χ3v) is 2.40. The molecule has 0 spiro atoms. The predicted octanol–water partition coefficient (Wildman–Crippen LogP) is 1.90. The molecule has 1 rings (SSSR count). The van der Waals surface area contributed by atoms with Gasteiger partial charge in [-0.15, -0.1) is 0 Å². The normalized spacial score (nSPS) is 11.7. The van der Waals surface area contributed by atoms with Crippen LogP contribution in [0, 0.1) is 5.82 Å². The molecule has 8 heteroatoms. The Kier molecular flexibility index (Phi) is 5.94. The molecular weight excluding hydrogens is 307 g/mol. The number of Topliss-reactive ketones (excluding diaryl/α,β-unsaturated/α-hetero) is 1. The fourth-order valence-electron chi connectivity index (χ4n) is 1.50. The summed E-state index contributed by atoms with van der Waals surface area (Å²) in [5.74, 6) is -2.90. The molecule has 0 aliphatic rings. The number of hydrogen-bond donors (Lipinski definition) is 2. The Morgan fingerprint density at radius 2 is 1.78 bits per heavy atom. The van der Waals surface area contributed by atoms with Crippen molar-refractivity contribution in [3.05, 3.63) is 35.6 Å². The quantitative estimate of drug-likeness (QED) is 0.489. The standard InChI is InChI=1S/C15H17FN2O5/c1-15(2,3)23-14(22)18-17-12(13(20)21)11(19)8-9-4-6-10(16)7-5-9/h4-7H,8H2,1-3H3,(H,18,22)(H,20,21). The van der Waals surface area contributed by atoms with Gasteiger partial charge in [0.2, 0.25) is 5.71 Å². The lowest BCUT2D eigenvalue weighted by Gasteiger charge is -2.18. The van der Waals surface area contributed by atoms with Gasteiger partial charge in [-0.05, 0) is 38.5 Å². The van der Waals surface area contributed by atoms with Crippen LogP contribution < -0.4 is 5.43 Å². The van der Waals surface area contributed by atoms with Crippen molar-refractivity contribution in [1.29, 1.82) is 0 Å². The van der Waals surface area contributed by atoms with Crippen molar-refractivity contribution in [3.8, 4) is 0 Å². The lowest BCUT2D eigenvalue weighted by molar-refractivity contribution is -0.130. The zero-order chi connectivity index (χ0) is 17.6. The van der Waals surface area contributed by atoms with Crippen LogP contribution in [0.1, 0.15) is 26.3 Å². The Labute approximate surface area is 132 Å². The Bertz CT molecular complexity index is 632. The minimum Gasteiger partial charge on any atom is -0.476 e. The van der Waals surface area contributed by atoms with E-state index in [0.717, 1.165) is 12.1 Å². The van der Waals surface area contributed by atoms with E-state index in [1.807, 2.05) is 5.43 Å². The van der Waals surface area contributed by atoms with E-state index in [0.29, 0.717) is 5.56 Å². The molecular formula is C15H17FN2O5. The first-order valence-electron chi connectivity index (χ1n) is 6.66. The van der Waals surface area contributed by atoms with Crippen molar-refractivity contribution < 1.29 is 28.6 Å². The number of hydrazone groups is 1. The number of nitrogens with one attached hydrogen (secondary N) is 1. The summed E-state index contributed by atoms with van der Waals surface area (Å²) >= 11 is 0. The number of carbonyl (C=O) groups excluding carboxylic acids is 2. The number of carboxylic acids is 1. The van der Waals surface area contributed by atoms with Gasteiger partial charge in [0, 0.05) is 6.42 Å². The van der Waals surface area contributed by atoms with Crippen LogP contribution in [0.3, 0.4) is 0 Å². The van der Waals surface area contributed by atoms with Crippen molar-refractivity contribution in [2.75, 3.05) is 0 Å². The van der Waals surface area contributed by atoms with Crippen LogP contribution >= 0.6 is 0 Å². The number of carbonyl (C=O) groups is 3. The maximum absolute atomic E-state index is 12.8. The molecule has 0 aliphatic heterocycles. The number of rotatable bonds is 5. The third kappa shape index (κ3) is 6.68. The van der Waals surface area contributed by atoms with E-state index in [-0.39, 0.29) is 6.42 Å². The zero-order valence-corrected chi connectivity index (χ0v) is 12.9. The molecule has 0 saturated carbocycles. The Hall–Kier alpha value is -2.77. The molecule has 0 unspecified atom stereocenters. The molecule has 1 aromatic rings. The van der Waals surface area contributed by atoms with Gasteiger partial charge in [0.25, 0.3) is 0 Å². The average molecular weight is 324 g/mol. The molecule has 124 valence electrons. The fraction of sp³-hybridized carbons (Fsp3) is 0.333. The maximum Gasteiger partial charge on any atom is 0.428 e. The highest BCUT2D eigenvalue weighted by atomic mass is 19.1. The summed E-state index contributed by atoms with van der Waals surface area (Å²) in [5.41, 5.74) is 0.643. The van der Waals surface area contributed by atoms with E-state index >= 15 is 0 Å². The third-order valence-electron chi connectivity index (χ3n) is 2.40. The van der Waals surface area contributed by atoms with Gasteiger partial charge in [-0.1, -0.05) is 12.1 Å². The molecule has 1 amide bonds. The van der Waals surface area contributed by atoms with Gasteiger partial charge in [0.15, 0.2) is 5.78 Å². The van der Waals surface area contributed by atoms with E-state index in [2.05, 4.69) is 5.10 Å². The van der Waals surface area contributed by atoms with E-state index in [4.69, 9.17) is 9.84 Å². The fourth-order valence-corrected chi connectivity index (χ4v) is 1.50. The summed E-state index contributed by atoms with van der Waals surface area (Å²) in [5, 5.41) is 12.3. The molecule has 0 fully saturated rings. The van der Waals surface area contributed by atoms with E-state index < -0.39 is 35.0 Å². The monoisotopic (exact) mass is 324 g/mol. The van der Waals surface area contributed by atoms with Crippen LogP contribution in [-0.4, -0.2) is 34.3 Å². The number of aliphatic carboxylic acids is 1. The van der Waals surface area contributed by atoms with Crippen molar-refractivity contribution in [3.63, 3.8) is 0 Å². The molecule has 0 aliphatic carbocycles. The molecule has 0 heterocycles. The topological polar surface area (TPSA) is 105 Å². The van der Waals surface area contributed by atoms with Crippen LogP contribution in [0.4, 0.5) is 9.18 Å². The summed E-state index contributed by atoms with van der Waals surface area (Å²) in [6.07, 6.45) is -1.27. The second-order valence-corrected chi connectivity index (χ2v) is 5.61. The zero-order valence-electron chi connectivity index (χ0n) is 12.9. The number of benzene rings is 1. The van der Waals surface area contributed by atoms with Crippen LogP contribution in [0.15, 0.2) is 29.4 Å². The maximum atomic E-state index is 12.8. The van der Waals surface area contributed by atoms with Gasteiger partial charge in [-0.25, -0.2) is 19.4 Å². The Balaban J connectivity index is 2.79. The molecule has 1 aromatic carbocycles. The van der Waals surface area contributed by atoms with Gasteiger partial charge >= 0.3 is 12.1 Å².